The number of hydrogen-bond donors (Lipinski definition) is 0. The third-order valence-corrected chi connectivity index (χ3v) is 3.21. The van der Waals surface area contributed by atoms with E-state index in [-0.39, 0.29) is 5.97 Å². The molecule has 0 heterocycles. The number of carbonyl (C=O) groups is 1. The number of carbonyl (C=O) groups excluding carboxylic acids is 1. The SMILES string of the molecule is CC(=O)OCCOCCOCCOCCCCCCI. The monoisotopic (exact) mass is 402 g/mol. The number of ether oxygens (including phenoxy) is 4. The van der Waals surface area contributed by atoms with Gasteiger partial charge in [-0.15, -0.1) is 0 Å². The summed E-state index contributed by atoms with van der Waals surface area (Å²) in [4.78, 5) is 10.5. The van der Waals surface area contributed by atoms with Crippen LogP contribution in [0.25, 0.3) is 0 Å². The van der Waals surface area contributed by atoms with Gasteiger partial charge in [0.1, 0.15) is 6.61 Å². The highest BCUT2D eigenvalue weighted by Crippen LogP contribution is 2.02. The number of rotatable bonds is 15. The lowest BCUT2D eigenvalue weighted by Gasteiger charge is -2.07. The molecule has 0 rings (SSSR count). The Balaban J connectivity index is 2.94. The van der Waals surface area contributed by atoms with Crippen molar-refractivity contribution in [2.24, 2.45) is 0 Å². The number of esters is 1. The molecule has 0 unspecified atom stereocenters. The largest absolute Gasteiger partial charge is 0.463 e. The lowest BCUT2D eigenvalue weighted by Crippen LogP contribution is -2.13. The van der Waals surface area contributed by atoms with Crippen LogP contribution in [0.3, 0.4) is 0 Å². The normalized spacial score (nSPS) is 10.7. The van der Waals surface area contributed by atoms with Crippen molar-refractivity contribution in [1.29, 1.82) is 0 Å². The molecule has 120 valence electrons. The van der Waals surface area contributed by atoms with Gasteiger partial charge in [0, 0.05) is 13.5 Å². The molecular weight excluding hydrogens is 375 g/mol. The fourth-order valence-corrected chi connectivity index (χ4v) is 1.98. The molecule has 0 aliphatic heterocycles. The molecule has 0 spiro atoms. The van der Waals surface area contributed by atoms with E-state index in [0.717, 1.165) is 13.0 Å². The Hall–Kier alpha value is 0.0800. The molecule has 0 atom stereocenters. The molecule has 0 N–H and O–H groups in total. The van der Waals surface area contributed by atoms with Crippen LogP contribution in [0.2, 0.25) is 0 Å². The van der Waals surface area contributed by atoms with Crippen LogP contribution in [-0.4, -0.2) is 56.6 Å². The molecular formula is C14H27IO5. The van der Waals surface area contributed by atoms with Crippen molar-refractivity contribution in [3.8, 4) is 0 Å². The Morgan fingerprint density at radius 2 is 1.25 bits per heavy atom. The van der Waals surface area contributed by atoms with Crippen LogP contribution in [0.1, 0.15) is 32.6 Å². The molecule has 0 amide bonds. The summed E-state index contributed by atoms with van der Waals surface area (Å²) in [6.07, 6.45) is 4.99. The number of unbranched alkanes of at least 4 members (excludes halogenated alkanes) is 3. The molecule has 0 saturated heterocycles. The first kappa shape index (κ1) is 20.1. The summed E-state index contributed by atoms with van der Waals surface area (Å²) in [6, 6.07) is 0. The quantitative estimate of drug-likeness (QED) is 0.182. The highest BCUT2D eigenvalue weighted by Gasteiger charge is 1.94. The second-order valence-electron chi connectivity index (χ2n) is 4.28. The second kappa shape index (κ2) is 17.1. The van der Waals surface area contributed by atoms with Gasteiger partial charge in [-0.05, 0) is 17.3 Å². The Kier molecular flexibility index (Phi) is 17.2. The summed E-state index contributed by atoms with van der Waals surface area (Å²) in [5.41, 5.74) is 0. The van der Waals surface area contributed by atoms with Gasteiger partial charge in [-0.2, -0.15) is 0 Å². The van der Waals surface area contributed by atoms with Gasteiger partial charge in [0.25, 0.3) is 0 Å². The van der Waals surface area contributed by atoms with Crippen molar-refractivity contribution in [2.75, 3.05) is 50.7 Å². The summed E-state index contributed by atoms with van der Waals surface area (Å²) >= 11 is 2.41. The van der Waals surface area contributed by atoms with Crippen molar-refractivity contribution >= 4 is 28.6 Å². The van der Waals surface area contributed by atoms with E-state index in [0.29, 0.717) is 39.6 Å². The standard InChI is InChI=1S/C14H27IO5/c1-14(16)20-13-12-19-11-10-18-9-8-17-7-5-3-2-4-6-15/h2-13H2,1H3. The van der Waals surface area contributed by atoms with Gasteiger partial charge in [-0.3, -0.25) is 4.79 Å². The van der Waals surface area contributed by atoms with Gasteiger partial charge < -0.3 is 18.9 Å². The number of halogens is 1. The zero-order chi connectivity index (χ0) is 14.9. The van der Waals surface area contributed by atoms with Crippen molar-refractivity contribution in [3.63, 3.8) is 0 Å². The number of hydrogen-bond acceptors (Lipinski definition) is 5. The minimum absolute atomic E-state index is 0.281. The molecule has 0 aromatic heterocycles. The first-order valence-electron chi connectivity index (χ1n) is 7.20. The van der Waals surface area contributed by atoms with E-state index in [4.69, 9.17) is 18.9 Å². The van der Waals surface area contributed by atoms with E-state index in [1.165, 1.54) is 30.6 Å². The van der Waals surface area contributed by atoms with Gasteiger partial charge in [0.2, 0.25) is 0 Å². The summed E-state index contributed by atoms with van der Waals surface area (Å²) in [5, 5.41) is 0. The lowest BCUT2D eigenvalue weighted by molar-refractivity contribution is -0.142. The molecule has 0 saturated carbocycles. The summed E-state index contributed by atoms with van der Waals surface area (Å²) in [6.45, 7) is 5.21. The van der Waals surface area contributed by atoms with Crippen LogP contribution in [0, 0.1) is 0 Å². The van der Waals surface area contributed by atoms with Crippen molar-refractivity contribution < 1.29 is 23.7 Å². The van der Waals surface area contributed by atoms with Crippen LogP contribution in [0.5, 0.6) is 0 Å². The van der Waals surface area contributed by atoms with E-state index in [1.807, 2.05) is 0 Å². The molecule has 0 fully saturated rings. The van der Waals surface area contributed by atoms with Crippen LogP contribution in [0.15, 0.2) is 0 Å². The van der Waals surface area contributed by atoms with E-state index in [9.17, 15) is 4.79 Å². The lowest BCUT2D eigenvalue weighted by atomic mass is 10.2. The van der Waals surface area contributed by atoms with E-state index in [2.05, 4.69) is 22.6 Å². The van der Waals surface area contributed by atoms with Gasteiger partial charge in [0.05, 0.1) is 33.0 Å². The minimum Gasteiger partial charge on any atom is -0.463 e. The van der Waals surface area contributed by atoms with Crippen molar-refractivity contribution in [1.82, 2.24) is 0 Å². The highest BCUT2D eigenvalue weighted by atomic mass is 127. The summed E-state index contributed by atoms with van der Waals surface area (Å²) < 4.78 is 22.0. The Morgan fingerprint density at radius 3 is 1.80 bits per heavy atom. The molecule has 0 aromatic carbocycles. The minimum atomic E-state index is -0.281. The van der Waals surface area contributed by atoms with Crippen LogP contribution in [-0.2, 0) is 23.7 Å². The third-order valence-electron chi connectivity index (χ3n) is 2.45. The zero-order valence-corrected chi connectivity index (χ0v) is 14.6. The molecule has 0 aliphatic carbocycles. The maximum Gasteiger partial charge on any atom is 0.302 e. The van der Waals surface area contributed by atoms with E-state index < -0.39 is 0 Å². The van der Waals surface area contributed by atoms with Gasteiger partial charge in [-0.1, -0.05) is 35.4 Å². The fourth-order valence-electron chi connectivity index (χ4n) is 1.44. The zero-order valence-electron chi connectivity index (χ0n) is 12.4. The predicted octanol–water partition coefficient (Wildman–Crippen LogP) is 2.59. The highest BCUT2D eigenvalue weighted by molar-refractivity contribution is 14.1. The predicted molar refractivity (Wildman–Crippen MR) is 86.4 cm³/mol. The summed E-state index contributed by atoms with van der Waals surface area (Å²) in [5.74, 6) is -0.281. The molecule has 20 heavy (non-hydrogen) atoms. The molecule has 0 aliphatic rings. The Labute approximate surface area is 135 Å². The first-order valence-corrected chi connectivity index (χ1v) is 8.72. The van der Waals surface area contributed by atoms with E-state index >= 15 is 0 Å². The van der Waals surface area contributed by atoms with Crippen molar-refractivity contribution in [3.05, 3.63) is 0 Å². The third kappa shape index (κ3) is 18.1. The van der Waals surface area contributed by atoms with Gasteiger partial charge in [0.15, 0.2) is 0 Å². The van der Waals surface area contributed by atoms with Crippen LogP contribution >= 0.6 is 22.6 Å². The average Bonchev–Trinajstić information content (AvgIpc) is 2.43. The fraction of sp³-hybridized carbons (Fsp3) is 0.929. The molecule has 5 nitrogen and oxygen atoms in total. The smallest absolute Gasteiger partial charge is 0.302 e. The topological polar surface area (TPSA) is 54.0 Å². The number of alkyl halides is 1. The van der Waals surface area contributed by atoms with Gasteiger partial charge >= 0.3 is 5.97 Å². The average molecular weight is 402 g/mol. The summed E-state index contributed by atoms with van der Waals surface area (Å²) in [7, 11) is 0. The second-order valence-corrected chi connectivity index (χ2v) is 5.36. The maximum atomic E-state index is 10.5. The molecule has 0 radical (unpaired) electrons. The molecule has 0 bridgehead atoms. The van der Waals surface area contributed by atoms with Crippen LogP contribution in [0.4, 0.5) is 0 Å². The van der Waals surface area contributed by atoms with Gasteiger partial charge in [-0.25, -0.2) is 0 Å². The maximum absolute atomic E-state index is 10.5. The first-order chi connectivity index (χ1) is 9.77. The molecule has 6 heteroatoms. The van der Waals surface area contributed by atoms with Crippen LogP contribution < -0.4 is 0 Å². The van der Waals surface area contributed by atoms with E-state index in [1.54, 1.807) is 0 Å². The van der Waals surface area contributed by atoms with Crippen molar-refractivity contribution in [2.45, 2.75) is 32.6 Å². The Morgan fingerprint density at radius 1 is 0.750 bits per heavy atom. The Bertz CT molecular complexity index is 214. The molecule has 0 aromatic rings.